The van der Waals surface area contributed by atoms with Gasteiger partial charge in [0.15, 0.2) is 0 Å². The highest BCUT2D eigenvalue weighted by Crippen LogP contribution is 2.29. The van der Waals surface area contributed by atoms with Gasteiger partial charge in [-0.3, -0.25) is 4.79 Å². The molecule has 0 bridgehead atoms. The van der Waals surface area contributed by atoms with E-state index < -0.39 is 11.4 Å². The number of carboxylic acids is 1. The van der Waals surface area contributed by atoms with Gasteiger partial charge in [-0.15, -0.1) is 0 Å². The molecule has 0 saturated carbocycles. The van der Waals surface area contributed by atoms with E-state index in [-0.39, 0.29) is 0 Å². The Balaban J connectivity index is 2.92. The third-order valence-electron chi connectivity index (χ3n) is 3.08. The van der Waals surface area contributed by atoms with Crippen LogP contribution in [-0.2, 0) is 4.79 Å². The van der Waals surface area contributed by atoms with Crippen molar-refractivity contribution in [3.63, 3.8) is 0 Å². The number of hydrogen-bond acceptors (Lipinski definition) is 1. The lowest BCUT2D eigenvalue weighted by atomic mass is 9.82. The zero-order valence-corrected chi connectivity index (χ0v) is 9.81. The molecule has 1 aromatic carbocycles. The van der Waals surface area contributed by atoms with E-state index in [1.807, 2.05) is 56.3 Å². The Bertz CT molecular complexity index is 362. The van der Waals surface area contributed by atoms with Gasteiger partial charge in [-0.25, -0.2) is 0 Å². The summed E-state index contributed by atoms with van der Waals surface area (Å²) in [5, 5.41) is 9.25. The summed E-state index contributed by atoms with van der Waals surface area (Å²) in [6.45, 7) is 3.82. The van der Waals surface area contributed by atoms with Crippen molar-refractivity contribution >= 4 is 12.0 Å². The van der Waals surface area contributed by atoms with Crippen LogP contribution in [0.3, 0.4) is 0 Å². The molecular weight excluding hydrogens is 200 g/mol. The van der Waals surface area contributed by atoms with E-state index >= 15 is 0 Å². The molecule has 0 aliphatic carbocycles. The number of benzene rings is 1. The summed E-state index contributed by atoms with van der Waals surface area (Å²) >= 11 is 0. The van der Waals surface area contributed by atoms with Crippen LogP contribution in [0.25, 0.3) is 6.08 Å². The van der Waals surface area contributed by atoms with Crippen molar-refractivity contribution in [2.24, 2.45) is 5.41 Å². The number of carbonyl (C=O) groups is 1. The van der Waals surface area contributed by atoms with Gasteiger partial charge >= 0.3 is 5.97 Å². The molecule has 0 unspecified atom stereocenters. The van der Waals surface area contributed by atoms with Gasteiger partial charge in [-0.1, -0.05) is 56.3 Å². The predicted molar refractivity (Wildman–Crippen MR) is 66.1 cm³/mol. The van der Waals surface area contributed by atoms with Gasteiger partial charge in [-0.2, -0.15) is 0 Å². The van der Waals surface area contributed by atoms with Gasteiger partial charge in [-0.05, 0) is 18.4 Å². The maximum absolute atomic E-state index is 11.3. The SMILES string of the molecule is CCC(/C=C/c1ccccc1)(CC)C(=O)O. The lowest BCUT2D eigenvalue weighted by Crippen LogP contribution is -2.27. The molecule has 1 aromatic rings. The molecule has 1 N–H and O–H groups in total. The molecule has 1 rings (SSSR count). The van der Waals surface area contributed by atoms with Crippen molar-refractivity contribution in [3.05, 3.63) is 42.0 Å². The molecule has 0 fully saturated rings. The number of carboxylic acid groups (broad SMARTS) is 1. The Morgan fingerprint density at radius 3 is 2.25 bits per heavy atom. The van der Waals surface area contributed by atoms with Crippen LogP contribution < -0.4 is 0 Å². The quantitative estimate of drug-likeness (QED) is 0.820. The van der Waals surface area contributed by atoms with E-state index in [9.17, 15) is 9.90 Å². The van der Waals surface area contributed by atoms with Crippen molar-refractivity contribution in [1.29, 1.82) is 0 Å². The standard InChI is InChI=1S/C14H18O2/c1-3-14(4-2,13(15)16)11-10-12-8-6-5-7-9-12/h5-11H,3-4H2,1-2H3,(H,15,16)/b11-10+. The van der Waals surface area contributed by atoms with Crippen molar-refractivity contribution in [2.75, 3.05) is 0 Å². The zero-order chi connectivity index (χ0) is 12.0. The molecule has 0 saturated heterocycles. The molecular formula is C14H18O2. The minimum atomic E-state index is -0.746. The van der Waals surface area contributed by atoms with Gasteiger partial charge < -0.3 is 5.11 Å². The Hall–Kier alpha value is -1.57. The summed E-state index contributed by atoms with van der Waals surface area (Å²) in [4.78, 5) is 11.3. The first-order chi connectivity index (χ1) is 7.64. The minimum absolute atomic E-state index is 0.613. The molecule has 0 aliphatic heterocycles. The second kappa shape index (κ2) is 5.50. The average Bonchev–Trinajstić information content (AvgIpc) is 2.32. The van der Waals surface area contributed by atoms with Crippen LogP contribution in [0.15, 0.2) is 36.4 Å². The molecule has 2 heteroatoms. The van der Waals surface area contributed by atoms with E-state index in [2.05, 4.69) is 0 Å². The van der Waals surface area contributed by atoms with Gasteiger partial charge in [0.25, 0.3) is 0 Å². The predicted octanol–water partition coefficient (Wildman–Crippen LogP) is 3.59. The van der Waals surface area contributed by atoms with Gasteiger partial charge in [0, 0.05) is 0 Å². The Kier molecular flexibility index (Phi) is 4.29. The fourth-order valence-corrected chi connectivity index (χ4v) is 1.68. The highest BCUT2D eigenvalue weighted by Gasteiger charge is 2.31. The fraction of sp³-hybridized carbons (Fsp3) is 0.357. The fourth-order valence-electron chi connectivity index (χ4n) is 1.68. The lowest BCUT2D eigenvalue weighted by molar-refractivity contribution is -0.146. The first-order valence-corrected chi connectivity index (χ1v) is 5.62. The Labute approximate surface area is 96.6 Å². The Morgan fingerprint density at radius 2 is 1.81 bits per heavy atom. The molecule has 0 atom stereocenters. The maximum Gasteiger partial charge on any atom is 0.313 e. The number of hydrogen-bond donors (Lipinski definition) is 1. The molecule has 0 radical (unpaired) electrons. The molecule has 0 spiro atoms. The van der Waals surface area contributed by atoms with Crippen LogP contribution in [0.2, 0.25) is 0 Å². The van der Waals surface area contributed by atoms with Gasteiger partial charge in [0.2, 0.25) is 0 Å². The monoisotopic (exact) mass is 218 g/mol. The third-order valence-corrected chi connectivity index (χ3v) is 3.08. The van der Waals surface area contributed by atoms with Crippen LogP contribution in [0.1, 0.15) is 32.3 Å². The molecule has 16 heavy (non-hydrogen) atoms. The molecule has 0 heterocycles. The molecule has 86 valence electrons. The van der Waals surface area contributed by atoms with Crippen molar-refractivity contribution in [3.8, 4) is 0 Å². The van der Waals surface area contributed by atoms with E-state index in [1.54, 1.807) is 0 Å². The first-order valence-electron chi connectivity index (χ1n) is 5.62. The largest absolute Gasteiger partial charge is 0.481 e. The van der Waals surface area contributed by atoms with Crippen molar-refractivity contribution in [1.82, 2.24) is 0 Å². The minimum Gasteiger partial charge on any atom is -0.481 e. The summed E-state index contributed by atoms with van der Waals surface area (Å²) in [6.07, 6.45) is 4.93. The normalized spacial score (nSPS) is 11.9. The van der Waals surface area contributed by atoms with E-state index in [0.717, 1.165) is 5.56 Å². The van der Waals surface area contributed by atoms with Gasteiger partial charge in [0.05, 0.1) is 5.41 Å². The van der Waals surface area contributed by atoms with Crippen LogP contribution >= 0.6 is 0 Å². The second-order valence-corrected chi connectivity index (χ2v) is 3.91. The highest BCUT2D eigenvalue weighted by atomic mass is 16.4. The zero-order valence-electron chi connectivity index (χ0n) is 9.81. The van der Waals surface area contributed by atoms with Crippen molar-refractivity contribution in [2.45, 2.75) is 26.7 Å². The molecule has 0 aliphatic rings. The van der Waals surface area contributed by atoms with Crippen LogP contribution in [0.4, 0.5) is 0 Å². The summed E-state index contributed by atoms with van der Waals surface area (Å²) in [7, 11) is 0. The maximum atomic E-state index is 11.3. The van der Waals surface area contributed by atoms with Crippen LogP contribution in [0, 0.1) is 5.41 Å². The second-order valence-electron chi connectivity index (χ2n) is 3.91. The summed E-state index contributed by atoms with van der Waals surface area (Å²) in [5.74, 6) is -0.746. The summed E-state index contributed by atoms with van der Waals surface area (Å²) < 4.78 is 0. The first kappa shape index (κ1) is 12.5. The average molecular weight is 218 g/mol. The van der Waals surface area contributed by atoms with E-state index in [1.165, 1.54) is 0 Å². The van der Waals surface area contributed by atoms with Crippen molar-refractivity contribution < 1.29 is 9.90 Å². The van der Waals surface area contributed by atoms with Crippen LogP contribution in [0.5, 0.6) is 0 Å². The highest BCUT2D eigenvalue weighted by molar-refractivity contribution is 5.78. The number of rotatable bonds is 5. The summed E-state index contributed by atoms with van der Waals surface area (Å²) in [5.41, 5.74) is 0.311. The van der Waals surface area contributed by atoms with E-state index in [4.69, 9.17) is 0 Å². The molecule has 0 amide bonds. The third kappa shape index (κ3) is 2.72. The van der Waals surface area contributed by atoms with Crippen LogP contribution in [-0.4, -0.2) is 11.1 Å². The van der Waals surface area contributed by atoms with Gasteiger partial charge in [0.1, 0.15) is 0 Å². The number of aliphatic carboxylic acids is 1. The summed E-state index contributed by atoms with van der Waals surface area (Å²) in [6, 6.07) is 9.77. The smallest absolute Gasteiger partial charge is 0.313 e. The topological polar surface area (TPSA) is 37.3 Å². The lowest BCUT2D eigenvalue weighted by Gasteiger charge is -2.22. The Morgan fingerprint density at radius 1 is 1.25 bits per heavy atom. The van der Waals surface area contributed by atoms with E-state index in [0.29, 0.717) is 12.8 Å². The molecule has 0 aromatic heterocycles. The molecule has 2 nitrogen and oxygen atoms in total.